The van der Waals surface area contributed by atoms with Crippen molar-refractivity contribution in [2.45, 2.75) is 36.7 Å². The van der Waals surface area contributed by atoms with Crippen LogP contribution >= 0.6 is 0 Å². The summed E-state index contributed by atoms with van der Waals surface area (Å²) in [6, 6.07) is 8.52. The molecule has 1 aromatic rings. The average molecular weight is 266 g/mol. The van der Waals surface area contributed by atoms with Crippen molar-refractivity contribution in [1.29, 1.82) is 0 Å². The van der Waals surface area contributed by atoms with Gasteiger partial charge in [0.25, 0.3) is 0 Å². The second-order valence-corrected chi connectivity index (χ2v) is 6.78. The Morgan fingerprint density at radius 3 is 2.61 bits per heavy atom. The van der Waals surface area contributed by atoms with Crippen LogP contribution < -0.4 is 0 Å². The topological polar surface area (TPSA) is 54.4 Å². The highest BCUT2D eigenvalue weighted by atomic mass is 32.2. The zero-order valence-corrected chi connectivity index (χ0v) is 11.1. The van der Waals surface area contributed by atoms with Crippen LogP contribution in [0.2, 0.25) is 0 Å². The van der Waals surface area contributed by atoms with E-state index in [0.29, 0.717) is 11.3 Å². The minimum Gasteiger partial charge on any atom is -0.389 e. The van der Waals surface area contributed by atoms with E-state index in [1.165, 1.54) is 0 Å². The van der Waals surface area contributed by atoms with Crippen molar-refractivity contribution < 1.29 is 13.5 Å². The summed E-state index contributed by atoms with van der Waals surface area (Å²) in [5.41, 5.74) is 1.06. The number of benzene rings is 1. The van der Waals surface area contributed by atoms with E-state index in [-0.39, 0.29) is 5.75 Å². The predicted molar refractivity (Wildman–Crippen MR) is 71.1 cm³/mol. The average Bonchev–Trinajstić information content (AvgIpc) is 2.38. The van der Waals surface area contributed by atoms with E-state index in [1.807, 2.05) is 6.08 Å². The van der Waals surface area contributed by atoms with Gasteiger partial charge >= 0.3 is 0 Å². The lowest BCUT2D eigenvalue weighted by atomic mass is 9.96. The van der Waals surface area contributed by atoms with Gasteiger partial charge in [0.1, 0.15) is 0 Å². The third kappa shape index (κ3) is 3.43. The number of aliphatic hydroxyl groups is 1. The number of hydrogen-bond donors (Lipinski definition) is 1. The van der Waals surface area contributed by atoms with Crippen LogP contribution in [-0.2, 0) is 9.84 Å². The standard InChI is InChI=1S/C14H18O3S/c15-13-6-4-5-12(11-13)9-10-18(16,17)14-7-2-1-3-8-14/h1-3,7-8,11,13,15H,4-6,9-10H2. The van der Waals surface area contributed by atoms with Crippen molar-refractivity contribution >= 4 is 9.84 Å². The SMILES string of the molecule is O=S(=O)(CCC1=CC(O)CCC1)c1ccccc1. The monoisotopic (exact) mass is 266 g/mol. The summed E-state index contributed by atoms with van der Waals surface area (Å²) in [4.78, 5) is 0.377. The summed E-state index contributed by atoms with van der Waals surface area (Å²) in [5, 5.41) is 9.50. The van der Waals surface area contributed by atoms with Crippen molar-refractivity contribution in [3.8, 4) is 0 Å². The molecule has 0 radical (unpaired) electrons. The van der Waals surface area contributed by atoms with Gasteiger partial charge in [-0.2, -0.15) is 0 Å². The first-order chi connectivity index (χ1) is 8.58. The summed E-state index contributed by atoms with van der Waals surface area (Å²) in [5.74, 6) is 0.121. The Balaban J connectivity index is 2.02. The fourth-order valence-corrected chi connectivity index (χ4v) is 3.53. The first-order valence-corrected chi connectivity index (χ1v) is 7.88. The molecule has 98 valence electrons. The van der Waals surface area contributed by atoms with Gasteiger partial charge in [0.2, 0.25) is 0 Å². The molecule has 0 aliphatic heterocycles. The maximum absolute atomic E-state index is 12.1. The molecule has 1 unspecified atom stereocenters. The second kappa shape index (κ2) is 5.67. The lowest BCUT2D eigenvalue weighted by Gasteiger charge is -2.16. The van der Waals surface area contributed by atoms with Gasteiger partial charge in [0.05, 0.1) is 16.8 Å². The van der Waals surface area contributed by atoms with Gasteiger partial charge in [-0.1, -0.05) is 29.8 Å². The normalized spacial score (nSPS) is 20.5. The van der Waals surface area contributed by atoms with Gasteiger partial charge in [-0.25, -0.2) is 8.42 Å². The van der Waals surface area contributed by atoms with Crippen molar-refractivity contribution in [1.82, 2.24) is 0 Å². The van der Waals surface area contributed by atoms with Crippen molar-refractivity contribution in [3.63, 3.8) is 0 Å². The lowest BCUT2D eigenvalue weighted by molar-refractivity contribution is 0.201. The molecule has 18 heavy (non-hydrogen) atoms. The molecule has 0 amide bonds. The Hall–Kier alpha value is -1.13. The molecule has 0 spiro atoms. The Labute approximate surface area is 108 Å². The van der Waals surface area contributed by atoms with E-state index in [4.69, 9.17) is 0 Å². The third-order valence-corrected chi connectivity index (χ3v) is 4.95. The zero-order valence-electron chi connectivity index (χ0n) is 10.2. The molecular formula is C14H18O3S. The molecule has 2 rings (SSSR count). The second-order valence-electron chi connectivity index (χ2n) is 4.67. The minimum absolute atomic E-state index is 0.121. The van der Waals surface area contributed by atoms with Gasteiger partial charge in [-0.05, 0) is 37.8 Å². The number of hydrogen-bond acceptors (Lipinski definition) is 3. The number of aliphatic hydroxyl groups excluding tert-OH is 1. The Kier molecular flexibility index (Phi) is 4.19. The fraction of sp³-hybridized carbons (Fsp3) is 0.429. The van der Waals surface area contributed by atoms with E-state index < -0.39 is 15.9 Å². The van der Waals surface area contributed by atoms with Gasteiger partial charge in [-0.3, -0.25) is 0 Å². The van der Waals surface area contributed by atoms with Gasteiger partial charge in [0, 0.05) is 0 Å². The Morgan fingerprint density at radius 2 is 1.94 bits per heavy atom. The van der Waals surface area contributed by atoms with Crippen molar-refractivity contribution in [2.24, 2.45) is 0 Å². The van der Waals surface area contributed by atoms with E-state index in [9.17, 15) is 13.5 Å². The van der Waals surface area contributed by atoms with Crippen LogP contribution in [0.15, 0.2) is 46.9 Å². The van der Waals surface area contributed by atoms with E-state index in [1.54, 1.807) is 30.3 Å². The molecule has 0 bridgehead atoms. The molecule has 4 heteroatoms. The number of allylic oxidation sites excluding steroid dienone is 1. The first-order valence-electron chi connectivity index (χ1n) is 6.23. The molecule has 0 fully saturated rings. The summed E-state index contributed by atoms with van der Waals surface area (Å²) in [6.45, 7) is 0. The summed E-state index contributed by atoms with van der Waals surface area (Å²) < 4.78 is 24.1. The maximum atomic E-state index is 12.1. The molecule has 3 nitrogen and oxygen atoms in total. The molecular weight excluding hydrogens is 248 g/mol. The maximum Gasteiger partial charge on any atom is 0.178 e. The molecule has 1 atom stereocenters. The largest absolute Gasteiger partial charge is 0.389 e. The number of rotatable bonds is 4. The van der Waals surface area contributed by atoms with Gasteiger partial charge in [-0.15, -0.1) is 0 Å². The summed E-state index contributed by atoms with van der Waals surface area (Å²) in [7, 11) is -3.20. The van der Waals surface area contributed by atoms with Crippen LogP contribution in [0.5, 0.6) is 0 Å². The van der Waals surface area contributed by atoms with Crippen LogP contribution in [0.3, 0.4) is 0 Å². The van der Waals surface area contributed by atoms with Gasteiger partial charge in [0.15, 0.2) is 9.84 Å². The van der Waals surface area contributed by atoms with Crippen LogP contribution in [-0.4, -0.2) is 25.4 Å². The predicted octanol–water partition coefficient (Wildman–Crippen LogP) is 2.32. The Morgan fingerprint density at radius 1 is 1.22 bits per heavy atom. The smallest absolute Gasteiger partial charge is 0.178 e. The quantitative estimate of drug-likeness (QED) is 0.851. The van der Waals surface area contributed by atoms with Crippen LogP contribution in [0.25, 0.3) is 0 Å². The lowest BCUT2D eigenvalue weighted by Crippen LogP contribution is -2.12. The molecule has 1 aliphatic rings. The van der Waals surface area contributed by atoms with Crippen molar-refractivity contribution in [2.75, 3.05) is 5.75 Å². The molecule has 1 N–H and O–H groups in total. The minimum atomic E-state index is -3.20. The summed E-state index contributed by atoms with van der Waals surface area (Å²) in [6.07, 6.45) is 4.57. The fourth-order valence-electron chi connectivity index (χ4n) is 2.20. The molecule has 0 heterocycles. The molecule has 0 saturated heterocycles. The highest BCUT2D eigenvalue weighted by Crippen LogP contribution is 2.22. The summed E-state index contributed by atoms with van der Waals surface area (Å²) >= 11 is 0. The Bertz CT molecular complexity index is 517. The molecule has 0 saturated carbocycles. The highest BCUT2D eigenvalue weighted by Gasteiger charge is 2.16. The molecule has 0 aromatic heterocycles. The van der Waals surface area contributed by atoms with Crippen molar-refractivity contribution in [3.05, 3.63) is 42.0 Å². The molecule has 1 aromatic carbocycles. The number of sulfone groups is 1. The van der Waals surface area contributed by atoms with Crippen LogP contribution in [0.4, 0.5) is 0 Å². The van der Waals surface area contributed by atoms with Crippen LogP contribution in [0.1, 0.15) is 25.7 Å². The van der Waals surface area contributed by atoms with E-state index in [2.05, 4.69) is 0 Å². The zero-order chi connectivity index (χ0) is 13.0. The third-order valence-electron chi connectivity index (χ3n) is 3.22. The molecule has 1 aliphatic carbocycles. The first kappa shape index (κ1) is 13.3. The van der Waals surface area contributed by atoms with Crippen LogP contribution in [0, 0.1) is 0 Å². The van der Waals surface area contributed by atoms with E-state index >= 15 is 0 Å². The highest BCUT2D eigenvalue weighted by molar-refractivity contribution is 7.91. The van der Waals surface area contributed by atoms with Gasteiger partial charge < -0.3 is 5.11 Å². The van der Waals surface area contributed by atoms with E-state index in [0.717, 1.165) is 24.8 Å².